The average Bonchev–Trinajstić information content (AvgIpc) is 3.16. The highest BCUT2D eigenvalue weighted by Gasteiger charge is 2.48. The van der Waals surface area contributed by atoms with Crippen LogP contribution in [0.4, 0.5) is 13.2 Å². The topological polar surface area (TPSA) is 73.8 Å². The fraction of sp³-hybridized carbons (Fsp3) is 0.571. The van der Waals surface area contributed by atoms with Crippen LogP contribution in [0.1, 0.15) is 36.8 Å². The van der Waals surface area contributed by atoms with Crippen LogP contribution in [0.25, 0.3) is 11.4 Å². The summed E-state index contributed by atoms with van der Waals surface area (Å²) in [5.74, 6) is 0.311. The molecule has 23 heavy (non-hydrogen) atoms. The van der Waals surface area contributed by atoms with Crippen molar-refractivity contribution in [2.45, 2.75) is 31.4 Å². The highest BCUT2D eigenvalue weighted by atomic mass is 19.4. The van der Waals surface area contributed by atoms with Gasteiger partial charge in [0, 0.05) is 31.5 Å². The third-order valence-electron chi connectivity index (χ3n) is 4.66. The van der Waals surface area contributed by atoms with Crippen molar-refractivity contribution in [1.82, 2.24) is 19.9 Å². The Morgan fingerprint density at radius 3 is 2.70 bits per heavy atom. The van der Waals surface area contributed by atoms with E-state index in [1.807, 2.05) is 0 Å². The summed E-state index contributed by atoms with van der Waals surface area (Å²) in [5, 5.41) is 7.11. The second-order valence-electron chi connectivity index (χ2n) is 6.24. The molecule has 0 amide bonds. The number of halogens is 3. The predicted octanol–water partition coefficient (Wildman–Crippen LogP) is 2.57. The predicted molar refractivity (Wildman–Crippen MR) is 70.1 cm³/mol. The van der Waals surface area contributed by atoms with E-state index in [2.05, 4.69) is 15.2 Å². The number of hydrogen-bond donors (Lipinski definition) is 0. The first-order valence-electron chi connectivity index (χ1n) is 7.30. The maximum absolute atomic E-state index is 13.0. The molecule has 0 spiro atoms. The summed E-state index contributed by atoms with van der Waals surface area (Å²) in [6.07, 6.45) is -1.22. The Balaban J connectivity index is 1.68. The molecule has 4 rings (SSSR count). The fourth-order valence-electron chi connectivity index (χ4n) is 3.73. The highest BCUT2D eigenvalue weighted by molar-refractivity contribution is 5.85. The number of fused-ring (bicyclic) bond motifs is 2. The Morgan fingerprint density at radius 2 is 2.04 bits per heavy atom. The molecule has 2 saturated carbocycles. The van der Waals surface area contributed by atoms with Crippen molar-refractivity contribution >= 4 is 5.78 Å². The van der Waals surface area contributed by atoms with Crippen LogP contribution < -0.4 is 0 Å². The van der Waals surface area contributed by atoms with E-state index >= 15 is 0 Å². The van der Waals surface area contributed by atoms with E-state index in [-0.39, 0.29) is 34.9 Å². The van der Waals surface area contributed by atoms with Crippen molar-refractivity contribution in [3.63, 3.8) is 0 Å². The van der Waals surface area contributed by atoms with E-state index in [0.717, 1.165) is 17.5 Å². The number of rotatable bonds is 2. The second-order valence-corrected chi connectivity index (χ2v) is 6.24. The molecule has 0 radical (unpaired) electrons. The molecule has 2 aromatic heterocycles. The summed E-state index contributed by atoms with van der Waals surface area (Å²) >= 11 is 0. The lowest BCUT2D eigenvalue weighted by atomic mass is 9.88. The third kappa shape index (κ3) is 2.25. The Hall–Kier alpha value is -2.19. The van der Waals surface area contributed by atoms with E-state index in [1.54, 1.807) is 0 Å². The van der Waals surface area contributed by atoms with Crippen molar-refractivity contribution in [1.29, 1.82) is 0 Å². The van der Waals surface area contributed by atoms with Crippen LogP contribution >= 0.6 is 0 Å². The molecule has 2 bridgehead atoms. The van der Waals surface area contributed by atoms with Gasteiger partial charge in [-0.25, -0.2) is 0 Å². The molecule has 0 saturated heterocycles. The monoisotopic (exact) mass is 326 g/mol. The van der Waals surface area contributed by atoms with Crippen LogP contribution in [-0.4, -0.2) is 25.7 Å². The molecular formula is C14H13F3N4O2. The molecule has 3 atom stereocenters. The van der Waals surface area contributed by atoms with Crippen LogP contribution in [0, 0.1) is 11.8 Å². The number of carbonyl (C=O) groups excluding carboxylic acids is 1. The molecule has 2 fully saturated rings. The molecule has 2 aliphatic rings. The number of alkyl halides is 3. The Bertz CT molecular complexity index is 779. The van der Waals surface area contributed by atoms with Gasteiger partial charge in [0.15, 0.2) is 5.69 Å². The largest absolute Gasteiger partial charge is 0.435 e. The molecule has 6 nitrogen and oxygen atoms in total. The number of hydrogen-bond acceptors (Lipinski definition) is 5. The van der Waals surface area contributed by atoms with Gasteiger partial charge in [-0.1, -0.05) is 5.16 Å². The Labute approximate surface area is 128 Å². The van der Waals surface area contributed by atoms with Gasteiger partial charge in [-0.2, -0.15) is 23.3 Å². The molecule has 1 unspecified atom stereocenters. The van der Waals surface area contributed by atoms with E-state index < -0.39 is 11.9 Å². The number of aryl methyl sites for hydroxylation is 1. The lowest BCUT2D eigenvalue weighted by Crippen LogP contribution is -2.18. The van der Waals surface area contributed by atoms with E-state index in [0.29, 0.717) is 12.3 Å². The molecule has 0 N–H and O–H groups in total. The quantitative estimate of drug-likeness (QED) is 0.848. The van der Waals surface area contributed by atoms with Crippen LogP contribution in [-0.2, 0) is 18.0 Å². The summed E-state index contributed by atoms with van der Waals surface area (Å²) in [7, 11) is 1.40. The molecule has 9 heteroatoms. The van der Waals surface area contributed by atoms with E-state index in [1.165, 1.54) is 13.2 Å². The molecule has 0 aromatic carbocycles. The first-order chi connectivity index (χ1) is 10.8. The number of ketones is 1. The lowest BCUT2D eigenvalue weighted by Gasteiger charge is -2.16. The minimum absolute atomic E-state index is 0.135. The Morgan fingerprint density at radius 1 is 1.30 bits per heavy atom. The van der Waals surface area contributed by atoms with Gasteiger partial charge in [0.1, 0.15) is 5.78 Å². The first kappa shape index (κ1) is 14.4. The van der Waals surface area contributed by atoms with Crippen LogP contribution in [0.2, 0.25) is 0 Å². The number of nitrogens with zero attached hydrogens (tertiary/aromatic N) is 4. The number of aromatic nitrogens is 4. The van der Waals surface area contributed by atoms with Crippen molar-refractivity contribution < 1.29 is 22.5 Å². The summed E-state index contributed by atoms with van der Waals surface area (Å²) < 4.78 is 45.3. The van der Waals surface area contributed by atoms with Gasteiger partial charge in [-0.15, -0.1) is 0 Å². The van der Waals surface area contributed by atoms with Crippen molar-refractivity contribution in [3.8, 4) is 11.4 Å². The normalized spacial score (nSPS) is 27.1. The Kier molecular flexibility index (Phi) is 2.91. The highest BCUT2D eigenvalue weighted by Crippen LogP contribution is 2.50. The number of Topliss-reactive ketones (excluding diaryl/α,β-unsaturated/α-hetero) is 1. The second kappa shape index (κ2) is 4.65. The summed E-state index contributed by atoms with van der Waals surface area (Å²) in [6.45, 7) is 0. The standard InChI is InChI=1S/C14H13F3N4O2/c1-21-5-9(11(19-21)14(15,16)17)12-18-13(23-20-12)8-3-6-2-7(8)10(22)4-6/h5-8H,2-4H2,1H3/t6-,7+,8?/m0/s1. The molecule has 0 aliphatic heterocycles. The van der Waals surface area contributed by atoms with Crippen LogP contribution in [0.15, 0.2) is 10.7 Å². The van der Waals surface area contributed by atoms with Crippen LogP contribution in [0.5, 0.6) is 0 Å². The zero-order valence-corrected chi connectivity index (χ0v) is 12.2. The minimum Gasteiger partial charge on any atom is -0.339 e. The molecular weight excluding hydrogens is 313 g/mol. The smallest absolute Gasteiger partial charge is 0.339 e. The third-order valence-corrected chi connectivity index (χ3v) is 4.66. The maximum atomic E-state index is 13.0. The van der Waals surface area contributed by atoms with Gasteiger partial charge in [-0.3, -0.25) is 9.48 Å². The van der Waals surface area contributed by atoms with E-state index in [4.69, 9.17) is 4.52 Å². The minimum atomic E-state index is -4.60. The summed E-state index contributed by atoms with van der Waals surface area (Å²) in [4.78, 5) is 16.0. The SMILES string of the molecule is Cn1cc(-c2noc(C3C[C@H]4CC(=O)[C@@H]3C4)n2)c(C(F)(F)F)n1. The van der Waals surface area contributed by atoms with Gasteiger partial charge in [0.2, 0.25) is 11.7 Å². The molecule has 2 heterocycles. The van der Waals surface area contributed by atoms with Gasteiger partial charge in [0.05, 0.1) is 5.56 Å². The molecule has 2 aliphatic carbocycles. The van der Waals surface area contributed by atoms with Gasteiger partial charge in [0.25, 0.3) is 0 Å². The first-order valence-corrected chi connectivity index (χ1v) is 7.30. The zero-order valence-electron chi connectivity index (χ0n) is 12.2. The van der Waals surface area contributed by atoms with Gasteiger partial charge in [-0.05, 0) is 18.8 Å². The summed E-state index contributed by atoms with van der Waals surface area (Å²) in [6, 6.07) is 0. The molecule has 2 aromatic rings. The van der Waals surface area contributed by atoms with Gasteiger partial charge < -0.3 is 4.52 Å². The molecule has 122 valence electrons. The zero-order chi connectivity index (χ0) is 16.4. The summed E-state index contributed by atoms with van der Waals surface area (Å²) in [5.41, 5.74) is -1.26. The average molecular weight is 326 g/mol. The maximum Gasteiger partial charge on any atom is 0.435 e. The van der Waals surface area contributed by atoms with Crippen molar-refractivity contribution in [3.05, 3.63) is 17.8 Å². The fourth-order valence-corrected chi connectivity index (χ4v) is 3.73. The number of carbonyl (C=O) groups is 1. The van der Waals surface area contributed by atoms with E-state index in [9.17, 15) is 18.0 Å². The van der Waals surface area contributed by atoms with Gasteiger partial charge >= 0.3 is 6.18 Å². The van der Waals surface area contributed by atoms with Crippen molar-refractivity contribution in [2.75, 3.05) is 0 Å². The van der Waals surface area contributed by atoms with Crippen molar-refractivity contribution in [2.24, 2.45) is 18.9 Å². The van der Waals surface area contributed by atoms with Crippen LogP contribution in [0.3, 0.4) is 0 Å². The lowest BCUT2D eigenvalue weighted by molar-refractivity contribution is -0.141.